The largest absolute Gasteiger partial charge is 0.368 e. The molecule has 2 amide bonds. The molecule has 118 valence electrons. The van der Waals surface area contributed by atoms with Gasteiger partial charge in [0, 0.05) is 6.42 Å². The van der Waals surface area contributed by atoms with E-state index in [1.807, 2.05) is 13.8 Å². The van der Waals surface area contributed by atoms with E-state index in [0.29, 0.717) is 18.3 Å². The van der Waals surface area contributed by atoms with E-state index in [1.165, 1.54) is 0 Å². The van der Waals surface area contributed by atoms with Crippen LogP contribution in [0.1, 0.15) is 40.0 Å². The Morgan fingerprint density at radius 1 is 1.25 bits per heavy atom. The smallest absolute Gasteiger partial charge is 0.240 e. The van der Waals surface area contributed by atoms with Gasteiger partial charge in [-0.2, -0.15) is 0 Å². The molecule has 0 spiro atoms. The second kappa shape index (κ2) is 9.19. The van der Waals surface area contributed by atoms with Gasteiger partial charge >= 0.3 is 0 Å². The number of halogens is 1. The van der Waals surface area contributed by atoms with Gasteiger partial charge in [0.15, 0.2) is 0 Å². The highest BCUT2D eigenvalue weighted by molar-refractivity contribution is 5.86. The zero-order valence-electron chi connectivity index (χ0n) is 12.6. The number of nitrogens with two attached hydrogens (primary N) is 1. The molecule has 0 aliphatic carbocycles. The maximum atomic E-state index is 12.0. The minimum atomic E-state index is -0.562. The topological polar surface area (TPSA) is 84.2 Å². The van der Waals surface area contributed by atoms with Crippen molar-refractivity contribution in [2.24, 2.45) is 23.5 Å². The lowest BCUT2D eigenvalue weighted by Gasteiger charge is -2.28. The summed E-state index contributed by atoms with van der Waals surface area (Å²) in [5.74, 6) is 0.443. The van der Waals surface area contributed by atoms with E-state index < -0.39 is 11.9 Å². The van der Waals surface area contributed by atoms with E-state index >= 15 is 0 Å². The first-order valence-electron chi connectivity index (χ1n) is 7.21. The summed E-state index contributed by atoms with van der Waals surface area (Å²) in [5, 5.41) is 6.08. The van der Waals surface area contributed by atoms with E-state index in [-0.39, 0.29) is 24.2 Å². The molecular weight excluding hydrogens is 278 g/mol. The second-order valence-electron chi connectivity index (χ2n) is 5.96. The van der Waals surface area contributed by atoms with E-state index in [1.54, 1.807) is 0 Å². The Morgan fingerprint density at radius 3 is 2.25 bits per heavy atom. The highest BCUT2D eigenvalue weighted by Crippen LogP contribution is 2.24. The first kappa shape index (κ1) is 19.2. The Balaban J connectivity index is 0.00000361. The van der Waals surface area contributed by atoms with Crippen LogP contribution in [0, 0.1) is 17.8 Å². The van der Waals surface area contributed by atoms with Gasteiger partial charge in [-0.1, -0.05) is 20.8 Å². The van der Waals surface area contributed by atoms with Gasteiger partial charge in [-0.25, -0.2) is 0 Å². The molecule has 0 saturated carbocycles. The van der Waals surface area contributed by atoms with E-state index in [9.17, 15) is 9.59 Å². The molecule has 2 unspecified atom stereocenters. The monoisotopic (exact) mass is 305 g/mol. The van der Waals surface area contributed by atoms with Crippen molar-refractivity contribution in [3.05, 3.63) is 0 Å². The number of primary amides is 1. The zero-order valence-corrected chi connectivity index (χ0v) is 13.5. The normalized spacial score (nSPS) is 19.0. The molecule has 5 nitrogen and oxygen atoms in total. The maximum absolute atomic E-state index is 12.0. The van der Waals surface area contributed by atoms with Crippen molar-refractivity contribution in [1.82, 2.24) is 10.6 Å². The first-order valence-corrected chi connectivity index (χ1v) is 7.21. The summed E-state index contributed by atoms with van der Waals surface area (Å²) in [5.41, 5.74) is 5.30. The lowest BCUT2D eigenvalue weighted by molar-refractivity contribution is -0.129. The minimum Gasteiger partial charge on any atom is -0.368 e. The Labute approximate surface area is 127 Å². The molecule has 1 rings (SSSR count). The summed E-state index contributed by atoms with van der Waals surface area (Å²) >= 11 is 0. The Bertz CT molecular complexity index is 318. The van der Waals surface area contributed by atoms with Crippen LogP contribution in [0.15, 0.2) is 0 Å². The Kier molecular flexibility index (Phi) is 8.81. The summed E-state index contributed by atoms with van der Waals surface area (Å²) < 4.78 is 0. The third kappa shape index (κ3) is 6.09. The van der Waals surface area contributed by atoms with Crippen molar-refractivity contribution in [2.45, 2.75) is 46.1 Å². The summed E-state index contributed by atoms with van der Waals surface area (Å²) in [6.07, 6.45) is 2.72. The van der Waals surface area contributed by atoms with Crippen molar-refractivity contribution < 1.29 is 9.59 Å². The third-order valence-corrected chi connectivity index (χ3v) is 3.99. The van der Waals surface area contributed by atoms with Crippen LogP contribution in [0.25, 0.3) is 0 Å². The van der Waals surface area contributed by atoms with Gasteiger partial charge in [0.05, 0.1) is 0 Å². The van der Waals surface area contributed by atoms with E-state index in [4.69, 9.17) is 5.73 Å². The number of amides is 2. The highest BCUT2D eigenvalue weighted by Gasteiger charge is 2.25. The number of carbonyl (C=O) groups excluding carboxylic acids is 2. The third-order valence-electron chi connectivity index (χ3n) is 3.99. The van der Waals surface area contributed by atoms with Gasteiger partial charge in [-0.15, -0.1) is 12.4 Å². The fourth-order valence-corrected chi connectivity index (χ4v) is 2.67. The maximum Gasteiger partial charge on any atom is 0.240 e. The molecule has 1 heterocycles. The van der Waals surface area contributed by atoms with Gasteiger partial charge in [0.25, 0.3) is 0 Å². The van der Waals surface area contributed by atoms with Gasteiger partial charge < -0.3 is 16.4 Å². The van der Waals surface area contributed by atoms with E-state index in [0.717, 1.165) is 25.9 Å². The number of nitrogens with one attached hydrogen (secondary N) is 2. The lowest BCUT2D eigenvalue weighted by Crippen LogP contribution is -2.48. The molecule has 0 bridgehead atoms. The predicted octanol–water partition coefficient (Wildman–Crippen LogP) is 1.06. The first-order chi connectivity index (χ1) is 8.91. The van der Waals surface area contributed by atoms with Crippen LogP contribution in [-0.2, 0) is 9.59 Å². The molecule has 20 heavy (non-hydrogen) atoms. The van der Waals surface area contributed by atoms with Crippen molar-refractivity contribution in [3.8, 4) is 0 Å². The van der Waals surface area contributed by atoms with Crippen molar-refractivity contribution in [2.75, 3.05) is 13.1 Å². The highest BCUT2D eigenvalue weighted by atomic mass is 35.5. The van der Waals surface area contributed by atoms with Crippen LogP contribution >= 0.6 is 12.4 Å². The molecule has 1 fully saturated rings. The quantitative estimate of drug-likeness (QED) is 0.686. The van der Waals surface area contributed by atoms with Gasteiger partial charge in [0.2, 0.25) is 11.8 Å². The molecular formula is C14H28ClN3O2. The molecule has 0 aromatic rings. The lowest BCUT2D eigenvalue weighted by atomic mass is 9.84. The van der Waals surface area contributed by atoms with Crippen LogP contribution in [0.5, 0.6) is 0 Å². The fraction of sp³-hybridized carbons (Fsp3) is 0.857. The molecule has 4 N–H and O–H groups in total. The molecule has 2 atom stereocenters. The van der Waals surface area contributed by atoms with Crippen LogP contribution in [0.2, 0.25) is 0 Å². The summed E-state index contributed by atoms with van der Waals surface area (Å²) in [7, 11) is 0. The summed E-state index contributed by atoms with van der Waals surface area (Å²) in [6.45, 7) is 7.95. The summed E-state index contributed by atoms with van der Waals surface area (Å²) in [6, 6.07) is -0.562. The zero-order chi connectivity index (χ0) is 14.4. The van der Waals surface area contributed by atoms with Crippen molar-refractivity contribution in [3.63, 3.8) is 0 Å². The predicted molar refractivity (Wildman–Crippen MR) is 82.6 cm³/mol. The molecule has 1 saturated heterocycles. The molecule has 1 aliphatic rings. The number of hydrogen-bond donors (Lipinski definition) is 3. The van der Waals surface area contributed by atoms with Crippen LogP contribution < -0.4 is 16.4 Å². The average Bonchev–Trinajstić information content (AvgIpc) is 2.36. The van der Waals surface area contributed by atoms with Crippen molar-refractivity contribution in [1.29, 1.82) is 0 Å². The van der Waals surface area contributed by atoms with Crippen molar-refractivity contribution >= 4 is 24.2 Å². The van der Waals surface area contributed by atoms with Gasteiger partial charge in [-0.3, -0.25) is 9.59 Å². The Morgan fingerprint density at radius 2 is 1.80 bits per heavy atom. The number of hydrogen-bond acceptors (Lipinski definition) is 3. The average molecular weight is 306 g/mol. The van der Waals surface area contributed by atoms with Gasteiger partial charge in [0.1, 0.15) is 6.04 Å². The molecule has 0 aromatic heterocycles. The fourth-order valence-electron chi connectivity index (χ4n) is 2.67. The second-order valence-corrected chi connectivity index (χ2v) is 5.96. The SMILES string of the molecule is CC(C)C(NC(=O)CC(C)C1CCNCC1)C(N)=O.Cl. The number of piperidine rings is 1. The molecule has 0 aromatic carbocycles. The van der Waals surface area contributed by atoms with E-state index in [2.05, 4.69) is 17.6 Å². The van der Waals surface area contributed by atoms with Crippen LogP contribution in [0.4, 0.5) is 0 Å². The molecule has 0 radical (unpaired) electrons. The van der Waals surface area contributed by atoms with Crippen LogP contribution in [0.3, 0.4) is 0 Å². The van der Waals surface area contributed by atoms with Gasteiger partial charge in [-0.05, 0) is 43.7 Å². The number of rotatable bonds is 6. The molecule has 1 aliphatic heterocycles. The number of carbonyl (C=O) groups is 2. The van der Waals surface area contributed by atoms with Crippen LogP contribution in [-0.4, -0.2) is 30.9 Å². The minimum absolute atomic E-state index is 0. The standard InChI is InChI=1S/C14H27N3O2.ClH/c1-9(2)13(14(15)19)17-12(18)8-10(3)11-4-6-16-7-5-11;/h9-11,13,16H,4-8H2,1-3H3,(H2,15,19)(H,17,18);1H. The summed E-state index contributed by atoms with van der Waals surface area (Å²) in [4.78, 5) is 23.2. The molecule has 6 heteroatoms. The Hall–Kier alpha value is -0.810.